The first-order valence-corrected chi connectivity index (χ1v) is 10.0. The zero-order valence-corrected chi connectivity index (χ0v) is 17.7. The van der Waals surface area contributed by atoms with E-state index in [0.717, 1.165) is 12.1 Å². The molecule has 3 rings (SSSR count). The predicted octanol–water partition coefficient (Wildman–Crippen LogP) is 3.30. The van der Waals surface area contributed by atoms with E-state index in [-0.39, 0.29) is 17.2 Å². The average molecular weight is 465 g/mol. The Morgan fingerprint density at radius 3 is 2.30 bits per heavy atom. The number of benzene rings is 2. The Labute approximate surface area is 187 Å². The zero-order valence-electron chi connectivity index (χ0n) is 17.7. The number of carbonyl (C=O) groups is 3. The number of carbonyl (C=O) groups excluding carboxylic acids is 3. The van der Waals surface area contributed by atoms with Crippen LogP contribution in [0.2, 0.25) is 0 Å². The van der Waals surface area contributed by atoms with Gasteiger partial charge >= 0.3 is 12.1 Å². The number of rotatable bonds is 6. The van der Waals surface area contributed by atoms with Crippen LogP contribution in [0.1, 0.15) is 22.8 Å². The molecule has 0 bridgehead atoms. The van der Waals surface area contributed by atoms with E-state index < -0.39 is 30.2 Å². The van der Waals surface area contributed by atoms with Crippen molar-refractivity contribution in [2.24, 2.45) is 0 Å². The predicted molar refractivity (Wildman–Crippen MR) is 114 cm³/mol. The maximum atomic E-state index is 13.2. The summed E-state index contributed by atoms with van der Waals surface area (Å²) in [6.45, 7) is 2.38. The number of halogens is 3. The number of nitrogens with zero attached hydrogens (tertiary/aromatic N) is 1. The Morgan fingerprint density at radius 2 is 1.70 bits per heavy atom. The van der Waals surface area contributed by atoms with Gasteiger partial charge in [0.15, 0.2) is 6.61 Å². The van der Waals surface area contributed by atoms with Crippen molar-refractivity contribution in [2.75, 3.05) is 48.4 Å². The highest BCUT2D eigenvalue weighted by atomic mass is 19.4. The van der Waals surface area contributed by atoms with Crippen LogP contribution in [0.4, 0.5) is 30.2 Å². The van der Waals surface area contributed by atoms with Gasteiger partial charge in [0.05, 0.1) is 35.7 Å². The maximum Gasteiger partial charge on any atom is 0.416 e. The third kappa shape index (κ3) is 6.69. The van der Waals surface area contributed by atoms with Gasteiger partial charge in [0, 0.05) is 25.7 Å². The maximum absolute atomic E-state index is 13.2. The summed E-state index contributed by atoms with van der Waals surface area (Å²) in [6.07, 6.45) is -4.58. The van der Waals surface area contributed by atoms with Gasteiger partial charge in [-0.15, -0.1) is 0 Å². The van der Waals surface area contributed by atoms with Crippen molar-refractivity contribution in [1.29, 1.82) is 0 Å². The van der Waals surface area contributed by atoms with Crippen molar-refractivity contribution in [3.05, 3.63) is 53.6 Å². The fraction of sp³-hybridized carbons (Fsp3) is 0.318. The van der Waals surface area contributed by atoms with E-state index in [2.05, 4.69) is 10.6 Å². The summed E-state index contributed by atoms with van der Waals surface area (Å²) in [5.41, 5.74) is 0.0972. The number of anilines is 3. The summed E-state index contributed by atoms with van der Waals surface area (Å²) in [5, 5.41) is 4.96. The fourth-order valence-corrected chi connectivity index (χ4v) is 3.19. The topological polar surface area (TPSA) is 97.0 Å². The molecule has 2 N–H and O–H groups in total. The normalized spacial score (nSPS) is 13.9. The van der Waals surface area contributed by atoms with E-state index in [9.17, 15) is 27.6 Å². The number of nitrogens with one attached hydrogen (secondary N) is 2. The molecule has 1 saturated heterocycles. The first-order valence-electron chi connectivity index (χ1n) is 10.0. The van der Waals surface area contributed by atoms with Crippen LogP contribution < -0.4 is 15.5 Å². The molecule has 1 aliphatic heterocycles. The number of morpholine rings is 1. The Hall–Kier alpha value is -3.60. The van der Waals surface area contributed by atoms with Gasteiger partial charge in [-0.05, 0) is 42.5 Å². The lowest BCUT2D eigenvalue weighted by molar-refractivity contribution is -0.137. The van der Waals surface area contributed by atoms with Crippen LogP contribution in [0.5, 0.6) is 0 Å². The first-order chi connectivity index (χ1) is 15.6. The summed E-state index contributed by atoms with van der Waals surface area (Å²) < 4.78 is 49.8. The molecule has 0 spiro atoms. The fourth-order valence-electron chi connectivity index (χ4n) is 3.19. The molecular formula is C22H22F3N3O5. The third-order valence-corrected chi connectivity index (χ3v) is 4.73. The van der Waals surface area contributed by atoms with Gasteiger partial charge in [0.25, 0.3) is 5.91 Å². The molecule has 8 nitrogen and oxygen atoms in total. The van der Waals surface area contributed by atoms with Gasteiger partial charge in [0.1, 0.15) is 0 Å². The molecular weight excluding hydrogens is 443 g/mol. The van der Waals surface area contributed by atoms with Gasteiger partial charge in [-0.3, -0.25) is 9.59 Å². The lowest BCUT2D eigenvalue weighted by Crippen LogP contribution is -2.37. The molecule has 2 amide bonds. The van der Waals surface area contributed by atoms with Gasteiger partial charge in [-0.2, -0.15) is 13.2 Å². The number of alkyl halides is 3. The Kier molecular flexibility index (Phi) is 7.54. The lowest BCUT2D eigenvalue weighted by atomic mass is 10.1. The third-order valence-electron chi connectivity index (χ3n) is 4.73. The number of amides is 2. The Bertz CT molecular complexity index is 1020. The van der Waals surface area contributed by atoms with Gasteiger partial charge < -0.3 is 25.0 Å². The summed E-state index contributed by atoms with van der Waals surface area (Å²) in [4.78, 5) is 37.4. The van der Waals surface area contributed by atoms with Crippen LogP contribution >= 0.6 is 0 Å². The smallest absolute Gasteiger partial charge is 0.416 e. The van der Waals surface area contributed by atoms with Crippen LogP contribution in [0.3, 0.4) is 0 Å². The van der Waals surface area contributed by atoms with Gasteiger partial charge in [0.2, 0.25) is 5.91 Å². The average Bonchev–Trinajstić information content (AvgIpc) is 2.77. The summed E-state index contributed by atoms with van der Waals surface area (Å²) in [7, 11) is 0. The molecule has 2 aromatic carbocycles. The van der Waals surface area contributed by atoms with Crippen molar-refractivity contribution in [1.82, 2.24) is 0 Å². The summed E-state index contributed by atoms with van der Waals surface area (Å²) >= 11 is 0. The van der Waals surface area contributed by atoms with E-state index in [0.29, 0.717) is 37.7 Å². The molecule has 1 fully saturated rings. The monoisotopic (exact) mass is 465 g/mol. The number of hydrogen-bond acceptors (Lipinski definition) is 6. The van der Waals surface area contributed by atoms with Crippen molar-refractivity contribution in [3.8, 4) is 0 Å². The highest BCUT2D eigenvalue weighted by Gasteiger charge is 2.32. The van der Waals surface area contributed by atoms with Crippen molar-refractivity contribution in [2.45, 2.75) is 13.1 Å². The van der Waals surface area contributed by atoms with E-state index in [1.54, 1.807) is 0 Å². The number of esters is 1. The second-order valence-corrected chi connectivity index (χ2v) is 7.21. The molecule has 176 valence electrons. The summed E-state index contributed by atoms with van der Waals surface area (Å²) in [6, 6.07) is 8.91. The van der Waals surface area contributed by atoms with Crippen LogP contribution in [-0.4, -0.2) is 50.7 Å². The molecule has 0 unspecified atom stereocenters. The second-order valence-electron chi connectivity index (χ2n) is 7.21. The highest BCUT2D eigenvalue weighted by Crippen LogP contribution is 2.35. The van der Waals surface area contributed by atoms with Gasteiger partial charge in [-0.1, -0.05) is 0 Å². The van der Waals surface area contributed by atoms with Crippen LogP contribution in [-0.2, 0) is 25.2 Å². The number of ether oxygens (including phenoxy) is 2. The standard InChI is InChI=1S/C22H22F3N3O5/c1-14(29)26-17-5-2-15(3-6-17)21(31)33-13-20(30)27-18-12-16(22(23,24)25)4-7-19(18)28-8-10-32-11-9-28/h2-7,12H,8-11,13H2,1H3,(H,26,29)(H,27,30). The van der Waals surface area contributed by atoms with E-state index in [4.69, 9.17) is 9.47 Å². The molecule has 11 heteroatoms. The largest absolute Gasteiger partial charge is 0.452 e. The molecule has 33 heavy (non-hydrogen) atoms. The quantitative estimate of drug-likeness (QED) is 0.636. The van der Waals surface area contributed by atoms with E-state index >= 15 is 0 Å². The van der Waals surface area contributed by atoms with Crippen molar-refractivity contribution >= 4 is 34.8 Å². The Balaban J connectivity index is 1.67. The molecule has 0 aliphatic carbocycles. The zero-order chi connectivity index (χ0) is 24.0. The van der Waals surface area contributed by atoms with Crippen LogP contribution in [0.25, 0.3) is 0 Å². The van der Waals surface area contributed by atoms with Crippen LogP contribution in [0, 0.1) is 0 Å². The van der Waals surface area contributed by atoms with Gasteiger partial charge in [-0.25, -0.2) is 4.79 Å². The van der Waals surface area contributed by atoms with Crippen molar-refractivity contribution < 1.29 is 37.0 Å². The minimum atomic E-state index is -4.58. The molecule has 1 aliphatic rings. The van der Waals surface area contributed by atoms with Crippen LogP contribution in [0.15, 0.2) is 42.5 Å². The minimum absolute atomic E-state index is 0.0348. The highest BCUT2D eigenvalue weighted by molar-refractivity contribution is 5.98. The second kappa shape index (κ2) is 10.3. The van der Waals surface area contributed by atoms with E-state index in [1.165, 1.54) is 37.3 Å². The first kappa shape index (κ1) is 24.1. The molecule has 0 aromatic heterocycles. The molecule has 1 heterocycles. The Morgan fingerprint density at radius 1 is 1.03 bits per heavy atom. The minimum Gasteiger partial charge on any atom is -0.452 e. The molecule has 2 aromatic rings. The van der Waals surface area contributed by atoms with E-state index in [1.807, 2.05) is 4.90 Å². The lowest BCUT2D eigenvalue weighted by Gasteiger charge is -2.31. The molecule has 0 radical (unpaired) electrons. The SMILES string of the molecule is CC(=O)Nc1ccc(C(=O)OCC(=O)Nc2cc(C(F)(F)F)ccc2N2CCOCC2)cc1. The summed E-state index contributed by atoms with van der Waals surface area (Å²) in [5.74, 6) is -1.85. The molecule has 0 saturated carbocycles. The number of hydrogen-bond donors (Lipinski definition) is 2. The molecule has 0 atom stereocenters. The van der Waals surface area contributed by atoms with Crippen molar-refractivity contribution in [3.63, 3.8) is 0 Å².